The van der Waals surface area contributed by atoms with Crippen molar-refractivity contribution in [2.24, 2.45) is 22.4 Å². The van der Waals surface area contributed by atoms with Crippen LogP contribution in [0.4, 0.5) is 0 Å². The first-order chi connectivity index (χ1) is 36.1. The van der Waals surface area contributed by atoms with Gasteiger partial charge in [-0.3, -0.25) is 57.7 Å². The van der Waals surface area contributed by atoms with Crippen molar-refractivity contribution in [1.29, 1.82) is 0 Å². The second kappa shape index (κ2) is 39.5. The normalized spacial score (nSPS) is 15.1. The lowest BCUT2D eigenvalue weighted by molar-refractivity contribution is -0.141. The molecule has 27 nitrogen and oxygen atoms in total. The van der Waals surface area contributed by atoms with Gasteiger partial charge in [0.2, 0.25) is 53.2 Å². The van der Waals surface area contributed by atoms with Gasteiger partial charge in [0.15, 0.2) is 5.96 Å². The Morgan fingerprint density at radius 2 is 1.24 bits per heavy atom. The van der Waals surface area contributed by atoms with Gasteiger partial charge in [0.25, 0.3) is 0 Å². The van der Waals surface area contributed by atoms with Crippen LogP contribution in [0.25, 0.3) is 0 Å². The molecular formula is C49H85N13O14. The van der Waals surface area contributed by atoms with Gasteiger partial charge in [-0.25, -0.2) is 0 Å². The maximum absolute atomic E-state index is 13.5. The first-order valence-electron chi connectivity index (χ1n) is 26.3. The number of aldehydes is 1. The van der Waals surface area contributed by atoms with E-state index in [0.29, 0.717) is 19.1 Å². The average Bonchev–Trinajstić information content (AvgIpc) is 3.76. The van der Waals surface area contributed by atoms with Gasteiger partial charge in [0.05, 0.1) is 37.9 Å². The molecule has 15 N–H and O–H groups in total. The van der Waals surface area contributed by atoms with Crippen LogP contribution in [0.5, 0.6) is 0 Å². The highest BCUT2D eigenvalue weighted by atomic mass is 16.5. The van der Waals surface area contributed by atoms with Crippen molar-refractivity contribution in [2.75, 3.05) is 45.9 Å². The van der Waals surface area contributed by atoms with Gasteiger partial charge in [-0.15, -0.1) is 0 Å². The van der Waals surface area contributed by atoms with Crippen LogP contribution < -0.4 is 64.6 Å². The van der Waals surface area contributed by atoms with E-state index in [4.69, 9.17) is 16.2 Å². The maximum Gasteiger partial charge on any atom is 0.308 e. The van der Waals surface area contributed by atoms with Gasteiger partial charge < -0.3 is 79.3 Å². The summed E-state index contributed by atoms with van der Waals surface area (Å²) in [5.41, 5.74) is 10.6. The molecule has 1 rings (SSSR count). The summed E-state index contributed by atoms with van der Waals surface area (Å²) in [6, 6.07) is -6.22. The van der Waals surface area contributed by atoms with Crippen LogP contribution in [-0.2, 0) is 62.3 Å². The van der Waals surface area contributed by atoms with Crippen LogP contribution in [0, 0.1) is 5.92 Å². The zero-order valence-corrected chi connectivity index (χ0v) is 44.7. The van der Waals surface area contributed by atoms with Crippen molar-refractivity contribution >= 4 is 77.3 Å². The van der Waals surface area contributed by atoms with E-state index in [1.165, 1.54) is 58.8 Å². The monoisotopic (exact) mass is 1080 g/mol. The molecule has 1 saturated heterocycles. The van der Waals surface area contributed by atoms with E-state index in [-0.39, 0.29) is 70.5 Å². The minimum atomic E-state index is -1.63. The summed E-state index contributed by atoms with van der Waals surface area (Å²) in [4.78, 5) is 154. The minimum absolute atomic E-state index is 0.00445. The Kier molecular flexibility index (Phi) is 34.8. The summed E-state index contributed by atoms with van der Waals surface area (Å²) in [7, 11) is 0. The molecule has 7 atom stereocenters. The molecule has 0 spiro atoms. The third-order valence-corrected chi connectivity index (χ3v) is 11.9. The predicted molar refractivity (Wildman–Crippen MR) is 278 cm³/mol. The number of unbranched alkanes of at least 4 members (excludes halogenated alkanes) is 10. The molecule has 1 fully saturated rings. The smallest absolute Gasteiger partial charge is 0.308 e. The van der Waals surface area contributed by atoms with Crippen molar-refractivity contribution in [3.05, 3.63) is 0 Å². The summed E-state index contributed by atoms with van der Waals surface area (Å²) in [5.74, 6) is -9.01. The van der Waals surface area contributed by atoms with Crippen LogP contribution in [-0.4, -0.2) is 165 Å². The Morgan fingerprint density at radius 3 is 1.78 bits per heavy atom. The molecule has 1 heterocycles. The van der Waals surface area contributed by atoms with E-state index in [9.17, 15) is 62.6 Å². The summed E-state index contributed by atoms with van der Waals surface area (Å²) in [5, 5.41) is 35.0. The number of hydrogen-bond acceptors (Lipinski definition) is 15. The fraction of sp³-hybridized carbons (Fsp3) is 0.735. The van der Waals surface area contributed by atoms with Crippen molar-refractivity contribution in [1.82, 2.24) is 53.2 Å². The Labute approximate surface area is 444 Å². The summed E-state index contributed by atoms with van der Waals surface area (Å²) in [6.07, 6.45) is 12.1. The van der Waals surface area contributed by atoms with Crippen LogP contribution in [0.1, 0.15) is 143 Å². The number of guanidine groups is 1. The van der Waals surface area contributed by atoms with Gasteiger partial charge in [-0.2, -0.15) is 0 Å². The minimum Gasteiger partial charge on any atom is -0.481 e. The SMILES string of the molecule is CCCCCCCCCCCCCC(=O)NCC(NC(C)=O)C(C=O)CNC(C)CC(=O)NC(CC(=O)NC1COC(=O)C1)C(=O)NCCNC(=O)C(CC(=O)O)NC(=O)CNC(=O)C(CCCN=C(N)N)NC(C)=O. The lowest BCUT2D eigenvalue weighted by atomic mass is 10.00. The number of carboxylic acids is 1. The van der Waals surface area contributed by atoms with Gasteiger partial charge in [-0.1, -0.05) is 71.1 Å². The molecule has 0 aliphatic carbocycles. The second-order valence-electron chi connectivity index (χ2n) is 18.9. The fourth-order valence-corrected chi connectivity index (χ4v) is 7.90. The molecule has 430 valence electrons. The Hall–Kier alpha value is -6.93. The van der Waals surface area contributed by atoms with Crippen LogP contribution >= 0.6 is 0 Å². The number of esters is 1. The van der Waals surface area contributed by atoms with E-state index in [0.717, 1.165) is 25.7 Å². The molecule has 0 bridgehead atoms. The largest absolute Gasteiger partial charge is 0.481 e. The number of ether oxygens (including phenoxy) is 1. The number of rotatable bonds is 42. The first kappa shape index (κ1) is 67.1. The van der Waals surface area contributed by atoms with Crippen molar-refractivity contribution in [3.63, 3.8) is 0 Å². The molecule has 0 radical (unpaired) electrons. The number of nitrogens with one attached hydrogen (secondary N) is 10. The number of nitrogens with two attached hydrogens (primary N) is 2. The molecule has 0 aromatic rings. The van der Waals surface area contributed by atoms with Gasteiger partial charge in [0.1, 0.15) is 31.0 Å². The highest BCUT2D eigenvalue weighted by Gasteiger charge is 2.30. The number of cyclic esters (lactones) is 1. The molecule has 27 heteroatoms. The number of amides is 9. The molecule has 1 aliphatic rings. The van der Waals surface area contributed by atoms with Crippen molar-refractivity contribution in [3.8, 4) is 0 Å². The molecule has 0 aromatic heterocycles. The third-order valence-electron chi connectivity index (χ3n) is 11.9. The standard InChI is InChI=1S/C49H85N13O14/c1-5-6-7-8-9-10-11-12-13-14-15-18-40(66)56-27-39(59-33(4)65)34(29-63)26-55-31(2)22-41(67)61-37(24-42(68)60-35-23-45(72)76-30-35)47(74)52-20-21-53-48(75)38(25-44(70)71)62-43(69)28-57-46(73)36(58-32(3)64)17-16-19-54-49(50)51/h29,31,34-39,55H,5-28,30H2,1-4H3,(H,52,74)(H,53,75)(H,56,66)(H,57,73)(H,58,64)(H,59,65)(H,60,68)(H,61,67)(H,62,69)(H,70,71)(H4,50,51,54). The van der Waals surface area contributed by atoms with E-state index >= 15 is 0 Å². The quantitative estimate of drug-likeness (QED) is 0.0100. The molecule has 9 amide bonds. The second-order valence-corrected chi connectivity index (χ2v) is 18.9. The third kappa shape index (κ3) is 33.1. The predicted octanol–water partition coefficient (Wildman–Crippen LogP) is -2.34. The van der Waals surface area contributed by atoms with Gasteiger partial charge in [-0.05, 0) is 26.2 Å². The topological polar surface area (TPSA) is 419 Å². The zero-order valence-electron chi connectivity index (χ0n) is 44.7. The number of carboxylic acid groups (broad SMARTS) is 1. The van der Waals surface area contributed by atoms with E-state index in [1.54, 1.807) is 6.92 Å². The lowest BCUT2D eigenvalue weighted by Gasteiger charge is -2.26. The van der Waals surface area contributed by atoms with Crippen LogP contribution in [0.2, 0.25) is 0 Å². The Balaban J connectivity index is 2.82. The van der Waals surface area contributed by atoms with E-state index in [2.05, 4.69) is 65.1 Å². The summed E-state index contributed by atoms with van der Waals surface area (Å²) in [6.45, 7) is 5.05. The molecule has 7 unspecified atom stereocenters. The van der Waals surface area contributed by atoms with Crippen LogP contribution in [0.15, 0.2) is 4.99 Å². The highest BCUT2D eigenvalue weighted by molar-refractivity contribution is 5.94. The summed E-state index contributed by atoms with van der Waals surface area (Å²) >= 11 is 0. The van der Waals surface area contributed by atoms with Crippen molar-refractivity contribution < 1.29 is 67.4 Å². The average molecular weight is 1080 g/mol. The Bertz CT molecular complexity index is 1940. The lowest BCUT2D eigenvalue weighted by Crippen LogP contribution is -2.54. The number of nitrogens with zero attached hydrogens (tertiary/aromatic N) is 1. The van der Waals surface area contributed by atoms with E-state index < -0.39 is 121 Å². The number of carbonyl (C=O) groups excluding carboxylic acids is 11. The number of aliphatic carboxylic acids is 1. The number of hydrogen-bond donors (Lipinski definition) is 13. The first-order valence-corrected chi connectivity index (χ1v) is 26.3. The molecule has 0 saturated carbocycles. The van der Waals surface area contributed by atoms with E-state index in [1.807, 2.05) is 0 Å². The molecule has 1 aliphatic heterocycles. The fourth-order valence-electron chi connectivity index (χ4n) is 7.90. The number of aliphatic imine (C=N–C) groups is 1. The molecular weight excluding hydrogens is 995 g/mol. The van der Waals surface area contributed by atoms with Crippen LogP contribution in [0.3, 0.4) is 0 Å². The zero-order chi connectivity index (χ0) is 56.8. The van der Waals surface area contributed by atoms with Gasteiger partial charge >= 0.3 is 11.9 Å². The summed E-state index contributed by atoms with van der Waals surface area (Å²) < 4.78 is 4.88. The van der Waals surface area contributed by atoms with Gasteiger partial charge in [0, 0.05) is 71.4 Å². The highest BCUT2D eigenvalue weighted by Crippen LogP contribution is 2.13. The Morgan fingerprint density at radius 1 is 0.671 bits per heavy atom. The maximum atomic E-state index is 13.5. The molecule has 0 aromatic carbocycles. The van der Waals surface area contributed by atoms with Crippen molar-refractivity contribution in [2.45, 2.75) is 180 Å². The molecule has 76 heavy (non-hydrogen) atoms. The number of carbonyl (C=O) groups is 12.